The van der Waals surface area contributed by atoms with Crippen LogP contribution in [0, 0.1) is 11.8 Å². The summed E-state index contributed by atoms with van der Waals surface area (Å²) in [6, 6.07) is 5.80. The molecule has 0 spiro atoms. The summed E-state index contributed by atoms with van der Waals surface area (Å²) in [6.07, 6.45) is 3.16. The molecule has 0 saturated heterocycles. The highest BCUT2D eigenvalue weighted by Gasteiger charge is 2.28. The molecule has 1 aliphatic carbocycles. The number of sulfonamides is 1. The third-order valence-corrected chi connectivity index (χ3v) is 7.85. The summed E-state index contributed by atoms with van der Waals surface area (Å²) in [5.74, 6) is -0.129. The molecule has 8 heteroatoms. The quantitative estimate of drug-likeness (QED) is 0.648. The lowest BCUT2D eigenvalue weighted by molar-refractivity contribution is -0.125. The first-order chi connectivity index (χ1) is 13.7. The zero-order chi connectivity index (χ0) is 21.6. The van der Waals surface area contributed by atoms with Gasteiger partial charge in [0, 0.05) is 19.1 Å². The third-order valence-electron chi connectivity index (χ3n) is 5.80. The van der Waals surface area contributed by atoms with Crippen molar-refractivity contribution in [1.82, 2.24) is 9.62 Å². The van der Waals surface area contributed by atoms with Crippen LogP contribution in [0.15, 0.2) is 29.2 Å². The van der Waals surface area contributed by atoms with E-state index in [9.17, 15) is 18.0 Å². The number of hydrogen-bond donors (Lipinski definition) is 1. The second-order valence-electron chi connectivity index (χ2n) is 7.63. The molecule has 2 rings (SSSR count). The number of amides is 1. The van der Waals surface area contributed by atoms with Crippen LogP contribution in [0.25, 0.3) is 0 Å². The van der Waals surface area contributed by atoms with Gasteiger partial charge in [0.25, 0.3) is 5.91 Å². The Bertz CT molecular complexity index is 820. The molecule has 1 N–H and O–H groups in total. The second kappa shape index (κ2) is 10.2. The van der Waals surface area contributed by atoms with Gasteiger partial charge in [0.2, 0.25) is 10.0 Å². The van der Waals surface area contributed by atoms with Crippen molar-refractivity contribution >= 4 is 21.9 Å². The Labute approximate surface area is 173 Å². The fourth-order valence-electron chi connectivity index (χ4n) is 3.74. The van der Waals surface area contributed by atoms with Gasteiger partial charge in [0.15, 0.2) is 6.61 Å². The summed E-state index contributed by atoms with van der Waals surface area (Å²) in [5.41, 5.74) is 0.102. The van der Waals surface area contributed by atoms with Crippen molar-refractivity contribution in [3.8, 4) is 0 Å². The predicted octanol–water partition coefficient (Wildman–Crippen LogP) is 2.81. The molecule has 1 saturated carbocycles. The molecule has 0 aromatic heterocycles. The number of esters is 1. The van der Waals surface area contributed by atoms with Gasteiger partial charge in [-0.25, -0.2) is 13.2 Å². The highest BCUT2D eigenvalue weighted by Crippen LogP contribution is 2.29. The Morgan fingerprint density at radius 1 is 1.17 bits per heavy atom. The minimum Gasteiger partial charge on any atom is -0.452 e. The Hall–Kier alpha value is -1.93. The molecular formula is C21H32N2O5S. The van der Waals surface area contributed by atoms with Crippen molar-refractivity contribution in [2.75, 3.05) is 19.7 Å². The first-order valence-corrected chi connectivity index (χ1v) is 11.7. The minimum absolute atomic E-state index is 0.0325. The van der Waals surface area contributed by atoms with Gasteiger partial charge in [-0.3, -0.25) is 4.79 Å². The van der Waals surface area contributed by atoms with Gasteiger partial charge in [-0.2, -0.15) is 4.31 Å². The fourth-order valence-corrected chi connectivity index (χ4v) is 5.25. The second-order valence-corrected chi connectivity index (χ2v) is 9.57. The number of ether oxygens (including phenoxy) is 1. The molecule has 3 atom stereocenters. The molecule has 162 valence electrons. The van der Waals surface area contributed by atoms with Crippen LogP contribution in [0.5, 0.6) is 0 Å². The van der Waals surface area contributed by atoms with Gasteiger partial charge in [0.1, 0.15) is 0 Å². The first-order valence-electron chi connectivity index (χ1n) is 10.3. The van der Waals surface area contributed by atoms with Crippen LogP contribution >= 0.6 is 0 Å². The first kappa shape index (κ1) is 23.3. The summed E-state index contributed by atoms with van der Waals surface area (Å²) >= 11 is 0. The molecule has 3 unspecified atom stereocenters. The average Bonchev–Trinajstić information content (AvgIpc) is 2.70. The SMILES string of the molecule is CCN(CC)S(=O)(=O)c1cccc(C(=O)OCC(=O)NC2CCCC(C)C2C)c1. The lowest BCUT2D eigenvalue weighted by Crippen LogP contribution is -2.45. The smallest absolute Gasteiger partial charge is 0.338 e. The molecule has 1 aromatic rings. The lowest BCUT2D eigenvalue weighted by Gasteiger charge is -2.34. The van der Waals surface area contributed by atoms with Gasteiger partial charge in [0.05, 0.1) is 10.5 Å². The van der Waals surface area contributed by atoms with E-state index in [-0.39, 0.29) is 29.0 Å². The molecule has 0 bridgehead atoms. The van der Waals surface area contributed by atoms with Crippen LogP contribution in [-0.2, 0) is 19.6 Å². The molecule has 0 radical (unpaired) electrons. The Morgan fingerprint density at radius 2 is 1.86 bits per heavy atom. The van der Waals surface area contributed by atoms with Gasteiger partial charge >= 0.3 is 5.97 Å². The number of carbonyl (C=O) groups is 2. The molecule has 29 heavy (non-hydrogen) atoms. The van der Waals surface area contributed by atoms with E-state index in [1.54, 1.807) is 13.8 Å². The van der Waals surface area contributed by atoms with Crippen LogP contribution in [-0.4, -0.2) is 50.3 Å². The number of hydrogen-bond acceptors (Lipinski definition) is 5. The van der Waals surface area contributed by atoms with Gasteiger partial charge < -0.3 is 10.1 Å². The maximum Gasteiger partial charge on any atom is 0.338 e. The summed E-state index contributed by atoms with van der Waals surface area (Å²) < 4.78 is 31.7. The Morgan fingerprint density at radius 3 is 2.52 bits per heavy atom. The summed E-state index contributed by atoms with van der Waals surface area (Å²) in [4.78, 5) is 24.6. The third kappa shape index (κ3) is 5.79. The van der Waals surface area contributed by atoms with Crippen LogP contribution in [0.2, 0.25) is 0 Å². The average molecular weight is 425 g/mol. The minimum atomic E-state index is -3.67. The van der Waals surface area contributed by atoms with Crippen molar-refractivity contribution in [1.29, 1.82) is 0 Å². The molecule has 1 aromatic carbocycles. The topological polar surface area (TPSA) is 92.8 Å². The fraction of sp³-hybridized carbons (Fsp3) is 0.619. The summed E-state index contributed by atoms with van der Waals surface area (Å²) in [7, 11) is -3.67. The number of carbonyl (C=O) groups excluding carboxylic acids is 2. The molecule has 0 aliphatic heterocycles. The van der Waals surface area contributed by atoms with Crippen LogP contribution in [0.4, 0.5) is 0 Å². The van der Waals surface area contributed by atoms with E-state index >= 15 is 0 Å². The number of nitrogens with one attached hydrogen (secondary N) is 1. The Balaban J connectivity index is 1.98. The van der Waals surface area contributed by atoms with E-state index in [4.69, 9.17) is 4.74 Å². The Kier molecular flexibility index (Phi) is 8.22. The van der Waals surface area contributed by atoms with Crippen molar-refractivity contribution in [3.05, 3.63) is 29.8 Å². The normalized spacial score (nSPS) is 22.3. The highest BCUT2D eigenvalue weighted by molar-refractivity contribution is 7.89. The van der Waals surface area contributed by atoms with E-state index in [1.165, 1.54) is 28.6 Å². The maximum absolute atomic E-state index is 12.6. The van der Waals surface area contributed by atoms with Crippen LogP contribution < -0.4 is 5.32 Å². The molecule has 0 heterocycles. The van der Waals surface area contributed by atoms with E-state index in [0.717, 1.165) is 19.3 Å². The van der Waals surface area contributed by atoms with E-state index in [2.05, 4.69) is 19.2 Å². The van der Waals surface area contributed by atoms with Crippen LogP contribution in [0.3, 0.4) is 0 Å². The molecule has 1 fully saturated rings. The zero-order valence-corrected chi connectivity index (χ0v) is 18.5. The van der Waals surface area contributed by atoms with Crippen molar-refractivity contribution < 1.29 is 22.7 Å². The predicted molar refractivity (Wildman–Crippen MR) is 111 cm³/mol. The van der Waals surface area contributed by atoms with E-state index in [0.29, 0.717) is 24.9 Å². The summed E-state index contributed by atoms with van der Waals surface area (Å²) in [6.45, 7) is 8.11. The number of rotatable bonds is 8. The monoisotopic (exact) mass is 424 g/mol. The van der Waals surface area contributed by atoms with Crippen molar-refractivity contribution in [2.24, 2.45) is 11.8 Å². The number of benzene rings is 1. The van der Waals surface area contributed by atoms with Crippen molar-refractivity contribution in [2.45, 2.75) is 57.9 Å². The van der Waals surface area contributed by atoms with Gasteiger partial charge in [-0.1, -0.05) is 46.6 Å². The zero-order valence-electron chi connectivity index (χ0n) is 17.7. The number of nitrogens with zero attached hydrogens (tertiary/aromatic N) is 1. The highest BCUT2D eigenvalue weighted by atomic mass is 32.2. The molecule has 1 aliphatic rings. The van der Waals surface area contributed by atoms with E-state index < -0.39 is 16.0 Å². The van der Waals surface area contributed by atoms with Gasteiger partial charge in [-0.05, 0) is 36.5 Å². The summed E-state index contributed by atoms with van der Waals surface area (Å²) in [5, 5.41) is 2.95. The lowest BCUT2D eigenvalue weighted by atomic mass is 9.78. The molecule has 7 nitrogen and oxygen atoms in total. The molecule has 1 amide bonds. The maximum atomic E-state index is 12.6. The van der Waals surface area contributed by atoms with Gasteiger partial charge in [-0.15, -0.1) is 0 Å². The molecular weight excluding hydrogens is 392 g/mol. The van der Waals surface area contributed by atoms with E-state index in [1.807, 2.05) is 0 Å². The van der Waals surface area contributed by atoms with Crippen LogP contribution in [0.1, 0.15) is 57.3 Å². The standard InChI is InChI=1S/C21H32N2O5S/c1-5-23(6-2)29(26,27)18-11-8-10-17(13-18)21(25)28-14-20(24)22-19-12-7-9-15(3)16(19)4/h8,10-11,13,15-16,19H,5-7,9,12,14H2,1-4H3,(H,22,24). The largest absolute Gasteiger partial charge is 0.452 e. The van der Waals surface area contributed by atoms with Crippen molar-refractivity contribution in [3.63, 3.8) is 0 Å².